The van der Waals surface area contributed by atoms with Crippen molar-refractivity contribution in [1.29, 1.82) is 0 Å². The number of H-pyrrole nitrogens is 2. The van der Waals surface area contributed by atoms with Crippen molar-refractivity contribution < 1.29 is 28.9 Å². The van der Waals surface area contributed by atoms with Gasteiger partial charge in [0.05, 0.1) is 38.7 Å². The number of ether oxygens (including phenoxy) is 1. The Morgan fingerprint density at radius 2 is 1.35 bits per heavy atom. The summed E-state index contributed by atoms with van der Waals surface area (Å²) < 4.78 is 4.72. The van der Waals surface area contributed by atoms with Gasteiger partial charge in [0.2, 0.25) is 18.2 Å². The minimum atomic E-state index is -0.696. The third-order valence-electron chi connectivity index (χ3n) is 9.10. The molecule has 14 heteroatoms. The van der Waals surface area contributed by atoms with Crippen molar-refractivity contribution in [3.8, 4) is 23.7 Å². The quantitative estimate of drug-likeness (QED) is 0.0923. The number of imidazole rings is 2. The van der Waals surface area contributed by atoms with Crippen molar-refractivity contribution >= 4 is 24.3 Å². The summed E-state index contributed by atoms with van der Waals surface area (Å²) in [5, 5.41) is 2.67. The van der Waals surface area contributed by atoms with E-state index in [0.29, 0.717) is 36.1 Å². The normalized spacial score (nSPS) is 18.2. The van der Waals surface area contributed by atoms with Crippen LogP contribution in [0, 0.1) is 35.5 Å². The topological polar surface area (TPSA) is 167 Å². The number of rotatable bonds is 10. The zero-order chi connectivity index (χ0) is 37.2. The van der Waals surface area contributed by atoms with E-state index >= 15 is 0 Å². The number of aliphatic imine (C=N–C) groups is 1. The molecule has 4 heterocycles. The maximum absolute atomic E-state index is 13.4. The van der Waals surface area contributed by atoms with Crippen LogP contribution in [0.4, 0.5) is 4.79 Å². The highest BCUT2D eigenvalue weighted by Gasteiger charge is 2.38. The summed E-state index contributed by atoms with van der Waals surface area (Å²) in [5.74, 6) is 13.6. The van der Waals surface area contributed by atoms with Crippen LogP contribution in [0.5, 0.6) is 0 Å². The second kappa shape index (κ2) is 17.6. The molecule has 2 saturated heterocycles. The first-order valence-electron chi connectivity index (χ1n) is 17.5. The number of nitrogens with zero attached hydrogens (tertiary/aromatic N) is 5. The molecule has 1 aromatic carbocycles. The van der Waals surface area contributed by atoms with Gasteiger partial charge in [0.1, 0.15) is 35.1 Å². The molecular weight excluding hydrogens is 664 g/mol. The van der Waals surface area contributed by atoms with Gasteiger partial charge in [0.15, 0.2) is 0 Å². The number of nitrogens with one attached hydrogen (secondary N) is 3. The number of aromatic amines is 2. The van der Waals surface area contributed by atoms with Gasteiger partial charge in [-0.3, -0.25) is 9.59 Å². The summed E-state index contributed by atoms with van der Waals surface area (Å²) in [6.07, 6.45) is 7.15. The molecule has 0 saturated carbocycles. The first kappa shape index (κ1) is 37.7. The molecule has 0 radical (unpaired) electrons. The second-order valence-corrected chi connectivity index (χ2v) is 13.4. The third kappa shape index (κ3) is 9.19. The summed E-state index contributed by atoms with van der Waals surface area (Å²) >= 11 is 0. The lowest BCUT2D eigenvalue weighted by atomic mass is 10.0. The number of hydrogen-bond donors (Lipinski definition) is 3. The van der Waals surface area contributed by atoms with Crippen molar-refractivity contribution in [2.75, 3.05) is 27.3 Å². The Bertz CT molecular complexity index is 1860. The van der Waals surface area contributed by atoms with Crippen molar-refractivity contribution in [3.05, 3.63) is 70.8 Å². The average molecular weight is 711 g/mol. The maximum Gasteiger partial charge on any atom is 0.407 e. The van der Waals surface area contributed by atoms with Gasteiger partial charge in [-0.15, -0.1) is 0 Å². The van der Waals surface area contributed by atoms with Crippen LogP contribution in [0.1, 0.15) is 99.6 Å². The van der Waals surface area contributed by atoms with Gasteiger partial charge in [-0.1, -0.05) is 39.5 Å². The third-order valence-corrected chi connectivity index (χ3v) is 9.10. The average Bonchev–Trinajstić information content (AvgIpc) is 3.97. The molecule has 3 N–H and O–H groups in total. The lowest BCUT2D eigenvalue weighted by Crippen LogP contribution is -2.51. The lowest BCUT2D eigenvalue weighted by Gasteiger charge is -2.29. The molecule has 0 spiro atoms. The van der Waals surface area contributed by atoms with E-state index in [1.807, 2.05) is 56.9 Å². The highest BCUT2D eigenvalue weighted by Crippen LogP contribution is 2.33. The highest BCUT2D eigenvalue weighted by atomic mass is 17.2. The van der Waals surface area contributed by atoms with Crippen LogP contribution in [-0.4, -0.2) is 93.4 Å². The molecule has 0 bridgehead atoms. The Labute approximate surface area is 304 Å². The van der Waals surface area contributed by atoms with Crippen LogP contribution < -0.4 is 5.32 Å². The van der Waals surface area contributed by atoms with Gasteiger partial charge in [-0.25, -0.2) is 19.8 Å². The van der Waals surface area contributed by atoms with Crippen molar-refractivity contribution in [2.24, 2.45) is 16.8 Å². The largest absolute Gasteiger partial charge is 0.453 e. The second-order valence-electron chi connectivity index (χ2n) is 13.4. The summed E-state index contributed by atoms with van der Waals surface area (Å²) in [7, 11) is 2.66. The molecular formula is C38H46N8O6. The predicted molar refractivity (Wildman–Crippen MR) is 192 cm³/mol. The van der Waals surface area contributed by atoms with E-state index in [-0.39, 0.29) is 35.7 Å². The molecule has 2 aliphatic rings. The fraction of sp³-hybridized carbons (Fsp3) is 0.474. The zero-order valence-electron chi connectivity index (χ0n) is 30.4. The van der Waals surface area contributed by atoms with Gasteiger partial charge in [0, 0.05) is 24.2 Å². The van der Waals surface area contributed by atoms with E-state index in [1.54, 1.807) is 17.3 Å². The zero-order valence-corrected chi connectivity index (χ0v) is 30.4. The molecule has 2 fully saturated rings. The fourth-order valence-electron chi connectivity index (χ4n) is 6.39. The summed E-state index contributed by atoms with van der Waals surface area (Å²) in [5.41, 5.74) is 2.91. The Kier molecular flexibility index (Phi) is 12.7. The van der Waals surface area contributed by atoms with Crippen LogP contribution in [0.3, 0.4) is 0 Å². The van der Waals surface area contributed by atoms with E-state index in [9.17, 15) is 14.4 Å². The van der Waals surface area contributed by atoms with Gasteiger partial charge < -0.3 is 34.7 Å². The summed E-state index contributed by atoms with van der Waals surface area (Å²) in [6, 6.07) is 5.91. The standard InChI is InChI=1S/C38H46N8O6/c1-24(2)32(41-23-52-51-6)36(47)45-19-7-9-30(45)34-39-21-28(42-34)17-15-26-11-13-27(14-12-26)16-18-29-22-40-35(43-29)31-10-8-20-46(31)37(48)33(25(3)4)44-38(49)50-5/h11-14,21-25,30-33H,7-10,19-20H2,1-6H3,(H,39,42)(H,40,43)(H,44,49)/t30-,31-,32-,33-/m0/s1. The molecule has 4 atom stereocenters. The molecule has 0 aliphatic carbocycles. The van der Waals surface area contributed by atoms with Crippen molar-refractivity contribution in [1.82, 2.24) is 35.1 Å². The number of carbonyl (C=O) groups is 3. The molecule has 2 aromatic heterocycles. The molecule has 0 unspecified atom stereocenters. The van der Waals surface area contributed by atoms with E-state index in [2.05, 4.69) is 58.8 Å². The smallest absolute Gasteiger partial charge is 0.407 e. The van der Waals surface area contributed by atoms with Crippen LogP contribution >= 0.6 is 0 Å². The van der Waals surface area contributed by atoms with Crippen molar-refractivity contribution in [2.45, 2.75) is 77.5 Å². The molecule has 2 aliphatic heterocycles. The SMILES string of the molecule is COOC=N[C@H](C(=O)N1CCC[C@H]1c1ncc(C#Cc2ccc(C#Cc3cnc([C@@H]4CCCN4C(=O)[C@@H](NC(=O)OC)C(C)C)[nH]3)cc2)[nH]1)C(C)C. The number of benzene rings is 1. The van der Waals surface area contributed by atoms with E-state index in [1.165, 1.54) is 14.2 Å². The minimum Gasteiger partial charge on any atom is -0.453 e. The number of aromatic nitrogens is 4. The molecule has 274 valence electrons. The Hall–Kier alpha value is -5.60. The van der Waals surface area contributed by atoms with Crippen LogP contribution in [0.2, 0.25) is 0 Å². The number of carbonyl (C=O) groups excluding carboxylic acids is 3. The summed E-state index contributed by atoms with van der Waals surface area (Å²) in [6.45, 7) is 8.87. The van der Waals surface area contributed by atoms with Gasteiger partial charge in [-0.2, -0.15) is 4.89 Å². The Morgan fingerprint density at radius 1 is 0.827 bits per heavy atom. The van der Waals surface area contributed by atoms with Gasteiger partial charge >= 0.3 is 6.09 Å². The Morgan fingerprint density at radius 3 is 1.81 bits per heavy atom. The lowest BCUT2D eigenvalue weighted by molar-refractivity contribution is -0.188. The van der Waals surface area contributed by atoms with E-state index in [4.69, 9.17) is 9.62 Å². The maximum atomic E-state index is 13.4. The Balaban J connectivity index is 1.20. The van der Waals surface area contributed by atoms with Crippen LogP contribution in [0.15, 0.2) is 41.7 Å². The number of alkyl carbamates (subject to hydrolysis) is 1. The monoisotopic (exact) mass is 710 g/mol. The number of likely N-dealkylation sites (tertiary alicyclic amines) is 2. The molecule has 3 amide bonds. The van der Waals surface area contributed by atoms with Crippen LogP contribution in [0.25, 0.3) is 0 Å². The first-order chi connectivity index (χ1) is 25.1. The first-order valence-corrected chi connectivity index (χ1v) is 17.5. The molecule has 52 heavy (non-hydrogen) atoms. The molecule has 14 nitrogen and oxygen atoms in total. The molecule has 3 aromatic rings. The predicted octanol–water partition coefficient (Wildman–Crippen LogP) is 4.27. The number of methoxy groups -OCH3 is 1. The number of hydrogen-bond acceptors (Lipinski definition) is 9. The van der Waals surface area contributed by atoms with Gasteiger partial charge in [0.25, 0.3) is 0 Å². The van der Waals surface area contributed by atoms with Crippen LogP contribution in [-0.2, 0) is 24.1 Å². The number of amides is 3. The minimum absolute atomic E-state index is 0.0198. The highest BCUT2D eigenvalue weighted by molar-refractivity contribution is 5.86. The fourth-order valence-corrected chi connectivity index (χ4v) is 6.39. The van der Waals surface area contributed by atoms with E-state index < -0.39 is 18.2 Å². The van der Waals surface area contributed by atoms with E-state index in [0.717, 1.165) is 43.2 Å². The van der Waals surface area contributed by atoms with Crippen molar-refractivity contribution in [3.63, 3.8) is 0 Å². The molecule has 5 rings (SSSR count). The summed E-state index contributed by atoms with van der Waals surface area (Å²) in [4.78, 5) is 71.5. The van der Waals surface area contributed by atoms with Gasteiger partial charge in [-0.05, 0) is 73.6 Å².